The van der Waals surface area contributed by atoms with Crippen molar-refractivity contribution in [3.05, 3.63) is 69.8 Å². The standard InChI is InChI=1S/C19H15NO7/c1-19(2)26-17(21)16(18(22)27-19)11-12-4-3-5-15(10-12)25-14-8-6-13(7-9-14)20(23)24/h3-11H,1-2H3. The van der Waals surface area contributed by atoms with Crippen molar-refractivity contribution in [1.82, 2.24) is 0 Å². The second kappa shape index (κ2) is 6.91. The van der Waals surface area contributed by atoms with E-state index in [1.807, 2.05) is 0 Å². The maximum absolute atomic E-state index is 12.0. The number of benzene rings is 2. The van der Waals surface area contributed by atoms with E-state index in [0.29, 0.717) is 17.1 Å². The van der Waals surface area contributed by atoms with Gasteiger partial charge in [0.2, 0.25) is 0 Å². The van der Waals surface area contributed by atoms with Crippen LogP contribution in [-0.2, 0) is 19.1 Å². The van der Waals surface area contributed by atoms with Gasteiger partial charge in [-0.3, -0.25) is 10.1 Å². The van der Waals surface area contributed by atoms with Crippen LogP contribution in [0, 0.1) is 10.1 Å². The Labute approximate surface area is 154 Å². The van der Waals surface area contributed by atoms with E-state index in [1.54, 1.807) is 24.3 Å². The molecule has 1 aliphatic heterocycles. The number of non-ortho nitro benzene ring substituents is 1. The lowest BCUT2D eigenvalue weighted by atomic mass is 10.1. The second-order valence-corrected chi connectivity index (χ2v) is 6.16. The summed E-state index contributed by atoms with van der Waals surface area (Å²) in [5, 5.41) is 10.7. The van der Waals surface area contributed by atoms with Crippen LogP contribution in [0.25, 0.3) is 6.08 Å². The van der Waals surface area contributed by atoms with Gasteiger partial charge in [-0.2, -0.15) is 0 Å². The number of cyclic esters (lactones) is 2. The van der Waals surface area contributed by atoms with Crippen molar-refractivity contribution in [2.45, 2.75) is 19.6 Å². The predicted octanol–water partition coefficient (Wildman–Crippen LogP) is 3.61. The van der Waals surface area contributed by atoms with E-state index in [-0.39, 0.29) is 11.3 Å². The van der Waals surface area contributed by atoms with Crippen molar-refractivity contribution in [3.8, 4) is 11.5 Å². The average Bonchev–Trinajstić information content (AvgIpc) is 2.58. The third-order valence-corrected chi connectivity index (χ3v) is 3.57. The number of nitrogens with zero attached hydrogens (tertiary/aromatic N) is 1. The van der Waals surface area contributed by atoms with Gasteiger partial charge in [-0.15, -0.1) is 0 Å². The first kappa shape index (κ1) is 18.1. The van der Waals surface area contributed by atoms with Gasteiger partial charge in [0.15, 0.2) is 0 Å². The fraction of sp³-hybridized carbons (Fsp3) is 0.158. The Hall–Kier alpha value is -3.68. The number of hydrogen-bond acceptors (Lipinski definition) is 7. The smallest absolute Gasteiger partial charge is 0.348 e. The van der Waals surface area contributed by atoms with E-state index in [1.165, 1.54) is 44.2 Å². The molecule has 8 nitrogen and oxygen atoms in total. The highest BCUT2D eigenvalue weighted by molar-refractivity contribution is 6.18. The summed E-state index contributed by atoms with van der Waals surface area (Å²) in [5.74, 6) is -2.00. The number of carbonyl (C=O) groups excluding carboxylic acids is 2. The lowest BCUT2D eigenvalue weighted by Crippen LogP contribution is -2.41. The summed E-state index contributed by atoms with van der Waals surface area (Å²) in [4.78, 5) is 34.2. The third-order valence-electron chi connectivity index (χ3n) is 3.57. The Morgan fingerprint density at radius 2 is 1.63 bits per heavy atom. The molecule has 0 atom stereocenters. The summed E-state index contributed by atoms with van der Waals surface area (Å²) in [6, 6.07) is 12.2. The Bertz CT molecular complexity index is 923. The zero-order valence-electron chi connectivity index (χ0n) is 14.5. The van der Waals surface area contributed by atoms with Gasteiger partial charge in [0.25, 0.3) is 11.5 Å². The SMILES string of the molecule is CC1(C)OC(=O)C(=Cc2cccc(Oc3ccc([N+](=O)[O-])cc3)c2)C(=O)O1. The van der Waals surface area contributed by atoms with E-state index in [2.05, 4.69) is 0 Å². The zero-order chi connectivity index (χ0) is 19.6. The number of ether oxygens (including phenoxy) is 3. The van der Waals surface area contributed by atoms with E-state index >= 15 is 0 Å². The van der Waals surface area contributed by atoms with Gasteiger partial charge in [-0.05, 0) is 35.9 Å². The maximum Gasteiger partial charge on any atom is 0.348 e. The van der Waals surface area contributed by atoms with E-state index in [9.17, 15) is 19.7 Å². The van der Waals surface area contributed by atoms with Crippen molar-refractivity contribution in [1.29, 1.82) is 0 Å². The lowest BCUT2D eigenvalue weighted by Gasteiger charge is -2.29. The summed E-state index contributed by atoms with van der Waals surface area (Å²) in [5.41, 5.74) is 0.262. The van der Waals surface area contributed by atoms with Crippen LogP contribution in [0.1, 0.15) is 19.4 Å². The van der Waals surface area contributed by atoms with Gasteiger partial charge in [0.05, 0.1) is 4.92 Å². The van der Waals surface area contributed by atoms with Crippen LogP contribution in [-0.4, -0.2) is 22.6 Å². The minimum absolute atomic E-state index is 0.0434. The van der Waals surface area contributed by atoms with Crippen LogP contribution in [0.2, 0.25) is 0 Å². The zero-order valence-corrected chi connectivity index (χ0v) is 14.5. The molecular weight excluding hydrogens is 354 g/mol. The molecule has 0 amide bonds. The summed E-state index contributed by atoms with van der Waals surface area (Å²) in [6.07, 6.45) is 1.35. The van der Waals surface area contributed by atoms with Gasteiger partial charge < -0.3 is 14.2 Å². The van der Waals surface area contributed by atoms with Gasteiger partial charge in [0, 0.05) is 26.0 Å². The van der Waals surface area contributed by atoms with Gasteiger partial charge in [-0.1, -0.05) is 12.1 Å². The molecule has 1 saturated heterocycles. The van der Waals surface area contributed by atoms with Crippen LogP contribution < -0.4 is 4.74 Å². The molecule has 0 saturated carbocycles. The molecule has 8 heteroatoms. The van der Waals surface area contributed by atoms with Gasteiger partial charge >= 0.3 is 11.9 Å². The first-order valence-electron chi connectivity index (χ1n) is 7.94. The number of nitro benzene ring substituents is 1. The molecule has 0 spiro atoms. The molecule has 0 unspecified atom stereocenters. The molecular formula is C19H15NO7. The Morgan fingerprint density at radius 1 is 1.00 bits per heavy atom. The number of hydrogen-bond donors (Lipinski definition) is 0. The van der Waals surface area contributed by atoms with E-state index in [0.717, 1.165) is 0 Å². The van der Waals surface area contributed by atoms with Crippen LogP contribution >= 0.6 is 0 Å². The second-order valence-electron chi connectivity index (χ2n) is 6.16. The highest BCUT2D eigenvalue weighted by atomic mass is 16.7. The summed E-state index contributed by atoms with van der Waals surface area (Å²) in [7, 11) is 0. The fourth-order valence-electron chi connectivity index (χ4n) is 2.38. The first-order chi connectivity index (χ1) is 12.7. The predicted molar refractivity (Wildman–Crippen MR) is 93.9 cm³/mol. The molecule has 2 aromatic rings. The first-order valence-corrected chi connectivity index (χ1v) is 7.94. The number of carbonyl (C=O) groups is 2. The third kappa shape index (κ3) is 4.30. The largest absolute Gasteiger partial charge is 0.457 e. The lowest BCUT2D eigenvalue weighted by molar-refractivity contribution is -0.384. The Balaban J connectivity index is 1.80. The van der Waals surface area contributed by atoms with E-state index in [4.69, 9.17) is 14.2 Å². The van der Waals surface area contributed by atoms with Crippen LogP contribution in [0.3, 0.4) is 0 Å². The molecule has 1 heterocycles. The summed E-state index contributed by atoms with van der Waals surface area (Å²) in [6.45, 7) is 2.94. The number of nitro groups is 1. The highest BCUT2D eigenvalue weighted by Gasteiger charge is 2.38. The minimum atomic E-state index is -1.30. The van der Waals surface area contributed by atoms with Crippen molar-refractivity contribution in [2.24, 2.45) is 0 Å². The number of esters is 2. The molecule has 1 fully saturated rings. The van der Waals surface area contributed by atoms with Crippen LogP contribution in [0.4, 0.5) is 5.69 Å². The topological polar surface area (TPSA) is 105 Å². The summed E-state index contributed by atoms with van der Waals surface area (Å²) < 4.78 is 15.7. The number of rotatable bonds is 4. The summed E-state index contributed by atoms with van der Waals surface area (Å²) >= 11 is 0. The molecule has 0 N–H and O–H groups in total. The molecule has 0 aromatic heterocycles. The van der Waals surface area contributed by atoms with Crippen molar-refractivity contribution in [3.63, 3.8) is 0 Å². The quantitative estimate of drug-likeness (QED) is 0.266. The van der Waals surface area contributed by atoms with Crippen molar-refractivity contribution < 1.29 is 28.7 Å². The van der Waals surface area contributed by atoms with Gasteiger partial charge in [-0.25, -0.2) is 9.59 Å². The van der Waals surface area contributed by atoms with Crippen LogP contribution in [0.15, 0.2) is 54.1 Å². The van der Waals surface area contributed by atoms with Crippen LogP contribution in [0.5, 0.6) is 11.5 Å². The normalized spacial score (nSPS) is 15.6. The minimum Gasteiger partial charge on any atom is -0.457 e. The molecule has 2 aromatic carbocycles. The Kier molecular flexibility index (Phi) is 4.64. The molecule has 0 aliphatic carbocycles. The molecule has 3 rings (SSSR count). The van der Waals surface area contributed by atoms with E-state index < -0.39 is 22.6 Å². The highest BCUT2D eigenvalue weighted by Crippen LogP contribution is 2.27. The molecule has 1 aliphatic rings. The molecule has 0 radical (unpaired) electrons. The molecule has 138 valence electrons. The van der Waals surface area contributed by atoms with Gasteiger partial charge in [0.1, 0.15) is 17.1 Å². The van der Waals surface area contributed by atoms with Crippen molar-refractivity contribution >= 4 is 23.7 Å². The fourth-order valence-corrected chi connectivity index (χ4v) is 2.38. The molecule has 0 bridgehead atoms. The monoisotopic (exact) mass is 369 g/mol. The van der Waals surface area contributed by atoms with Crippen molar-refractivity contribution in [2.75, 3.05) is 0 Å². The Morgan fingerprint density at radius 3 is 2.22 bits per heavy atom. The molecule has 27 heavy (non-hydrogen) atoms. The average molecular weight is 369 g/mol. The maximum atomic E-state index is 12.0.